The summed E-state index contributed by atoms with van der Waals surface area (Å²) >= 11 is 1.24. The highest BCUT2D eigenvalue weighted by Gasteiger charge is 2.47. The smallest absolute Gasteiger partial charge is 0.410 e. The quantitative estimate of drug-likeness (QED) is 0.105. The zero-order chi connectivity index (χ0) is 32.0. The Morgan fingerprint density at radius 2 is 1.91 bits per heavy atom. The second kappa shape index (κ2) is 13.9. The topological polar surface area (TPSA) is 152 Å². The van der Waals surface area contributed by atoms with Crippen LogP contribution in [0.15, 0.2) is 59.8 Å². The number of piperazine rings is 1. The van der Waals surface area contributed by atoms with E-state index >= 15 is 0 Å². The van der Waals surface area contributed by atoms with Crippen molar-refractivity contribution in [2.75, 3.05) is 37.9 Å². The third kappa shape index (κ3) is 6.56. The Bertz CT molecular complexity index is 1620. The first-order chi connectivity index (χ1) is 21.8. The first kappa shape index (κ1) is 31.7. The molecule has 0 bridgehead atoms. The van der Waals surface area contributed by atoms with Crippen LogP contribution in [0.1, 0.15) is 41.6 Å². The molecule has 1 fully saturated rings. The Labute approximate surface area is 265 Å². The highest BCUT2D eigenvalue weighted by atomic mass is 32.2. The van der Waals surface area contributed by atoms with Crippen LogP contribution in [0.2, 0.25) is 0 Å². The molecule has 0 spiro atoms. The number of carbonyl (C=O) groups is 2. The van der Waals surface area contributed by atoms with Crippen molar-refractivity contribution in [3.8, 4) is 6.07 Å². The Kier molecular flexibility index (Phi) is 9.83. The highest BCUT2D eigenvalue weighted by molar-refractivity contribution is 7.98. The molecule has 2 aliphatic rings. The fraction of sp³-hybridized carbons (Fsp3) is 0.406. The molecular formula is C32H34N6O6S. The molecule has 234 valence electrons. The van der Waals surface area contributed by atoms with Crippen molar-refractivity contribution in [1.82, 2.24) is 14.9 Å². The number of nitrogens with zero attached hydrogens (tertiary/aromatic N) is 6. The zero-order valence-corrected chi connectivity index (χ0v) is 26.0. The molecule has 5 rings (SSSR count). The predicted molar refractivity (Wildman–Crippen MR) is 167 cm³/mol. The van der Waals surface area contributed by atoms with Gasteiger partial charge in [-0.05, 0) is 42.2 Å². The number of amides is 1. The van der Waals surface area contributed by atoms with Crippen LogP contribution in [-0.2, 0) is 39.1 Å². The standard InChI is InChI=1S/C32H34N6O6S/c1-43-29(39)32(15-8-12-23-11-6-7-13-25(23)32)19-26-27(38(41)42)28(35-30(34-26)45-2)36-17-18-37(24(20-36)14-16-33)31(40)44-21-22-9-4-3-5-10-22/h3-7,9-11,13,24H,8,12,14-15,17-21H2,1-2H3/t24-,32?/m0/s1. The summed E-state index contributed by atoms with van der Waals surface area (Å²) in [6, 6.07) is 18.4. The molecule has 12 nitrogen and oxygen atoms in total. The fourth-order valence-electron chi connectivity index (χ4n) is 6.33. The van der Waals surface area contributed by atoms with Gasteiger partial charge in [-0.15, -0.1) is 0 Å². The third-order valence-corrected chi connectivity index (χ3v) is 9.01. The van der Waals surface area contributed by atoms with Gasteiger partial charge in [-0.3, -0.25) is 14.9 Å². The van der Waals surface area contributed by atoms with Crippen LogP contribution in [0.25, 0.3) is 0 Å². The molecule has 0 saturated carbocycles. The number of nitriles is 1. The van der Waals surface area contributed by atoms with Gasteiger partial charge in [-0.1, -0.05) is 66.4 Å². The van der Waals surface area contributed by atoms with E-state index in [1.165, 1.54) is 23.8 Å². The lowest BCUT2D eigenvalue weighted by molar-refractivity contribution is -0.385. The average molecular weight is 631 g/mol. The van der Waals surface area contributed by atoms with Gasteiger partial charge in [0.05, 0.1) is 36.0 Å². The van der Waals surface area contributed by atoms with E-state index in [1.807, 2.05) is 54.6 Å². The first-order valence-electron chi connectivity index (χ1n) is 14.7. The summed E-state index contributed by atoms with van der Waals surface area (Å²) in [6.07, 6.45) is 3.14. The number of anilines is 1. The van der Waals surface area contributed by atoms with Crippen molar-refractivity contribution >= 4 is 35.3 Å². The van der Waals surface area contributed by atoms with Gasteiger partial charge in [-0.2, -0.15) is 10.2 Å². The maximum absolute atomic E-state index is 13.5. The Morgan fingerprint density at radius 1 is 1.16 bits per heavy atom. The molecule has 45 heavy (non-hydrogen) atoms. The number of thioether (sulfide) groups is 1. The summed E-state index contributed by atoms with van der Waals surface area (Å²) in [5, 5.41) is 22.7. The number of benzene rings is 2. The van der Waals surface area contributed by atoms with Crippen molar-refractivity contribution in [1.29, 1.82) is 5.26 Å². The first-order valence-corrected chi connectivity index (χ1v) is 15.9. The lowest BCUT2D eigenvalue weighted by Gasteiger charge is -2.40. The lowest BCUT2D eigenvalue weighted by Crippen LogP contribution is -2.55. The van der Waals surface area contributed by atoms with E-state index in [1.54, 1.807) is 11.2 Å². The van der Waals surface area contributed by atoms with Crippen LogP contribution >= 0.6 is 11.8 Å². The lowest BCUT2D eigenvalue weighted by atomic mass is 9.67. The van der Waals surface area contributed by atoms with Crippen molar-refractivity contribution in [2.45, 2.75) is 55.3 Å². The van der Waals surface area contributed by atoms with Gasteiger partial charge in [0.2, 0.25) is 5.82 Å². The van der Waals surface area contributed by atoms with Crippen molar-refractivity contribution in [3.05, 3.63) is 87.1 Å². The van der Waals surface area contributed by atoms with Crippen LogP contribution in [0.4, 0.5) is 16.3 Å². The normalized spacial score (nSPS) is 19.3. The largest absolute Gasteiger partial charge is 0.468 e. The van der Waals surface area contributed by atoms with E-state index in [4.69, 9.17) is 9.47 Å². The van der Waals surface area contributed by atoms with Crippen molar-refractivity contribution in [3.63, 3.8) is 0 Å². The Hall–Kier alpha value is -4.70. The van der Waals surface area contributed by atoms with Crippen LogP contribution in [0.5, 0.6) is 0 Å². The van der Waals surface area contributed by atoms with Gasteiger partial charge in [0.15, 0.2) is 5.16 Å². The highest BCUT2D eigenvalue weighted by Crippen LogP contribution is 2.44. The maximum atomic E-state index is 13.5. The van der Waals surface area contributed by atoms with E-state index in [2.05, 4.69) is 16.0 Å². The number of rotatable bonds is 9. The number of aromatic nitrogens is 2. The number of hydrogen-bond acceptors (Lipinski definition) is 11. The molecule has 1 aliphatic carbocycles. The Balaban J connectivity index is 1.48. The number of methoxy groups -OCH3 is 1. The minimum atomic E-state index is -1.15. The molecule has 2 atom stereocenters. The number of carbonyl (C=O) groups excluding carboxylic acids is 2. The van der Waals surface area contributed by atoms with Crippen LogP contribution in [0, 0.1) is 21.4 Å². The molecule has 2 aromatic carbocycles. The van der Waals surface area contributed by atoms with Crippen molar-refractivity contribution in [2.24, 2.45) is 0 Å². The summed E-state index contributed by atoms with van der Waals surface area (Å²) < 4.78 is 10.8. The number of ether oxygens (including phenoxy) is 2. The molecule has 0 N–H and O–H groups in total. The summed E-state index contributed by atoms with van der Waals surface area (Å²) in [6.45, 7) is 0.606. The number of aryl methyl sites for hydroxylation is 1. The Morgan fingerprint density at radius 3 is 2.62 bits per heavy atom. The van der Waals surface area contributed by atoms with Crippen molar-refractivity contribution < 1.29 is 24.0 Å². The molecular weight excluding hydrogens is 596 g/mol. The summed E-state index contributed by atoms with van der Waals surface area (Å²) in [5.74, 6) is -0.370. The second-order valence-corrected chi connectivity index (χ2v) is 11.8. The van der Waals surface area contributed by atoms with Gasteiger partial charge in [0.25, 0.3) is 0 Å². The minimum Gasteiger partial charge on any atom is -0.468 e. The van der Waals surface area contributed by atoms with Gasteiger partial charge < -0.3 is 19.3 Å². The zero-order valence-electron chi connectivity index (χ0n) is 25.2. The molecule has 0 radical (unpaired) electrons. The third-order valence-electron chi connectivity index (χ3n) is 8.46. The second-order valence-electron chi connectivity index (χ2n) is 11.0. The molecule has 3 aromatic rings. The number of esters is 1. The molecule has 1 saturated heterocycles. The predicted octanol–water partition coefficient (Wildman–Crippen LogP) is 4.84. The van der Waals surface area contributed by atoms with E-state index in [0.29, 0.717) is 18.0 Å². The molecule has 13 heteroatoms. The van der Waals surface area contributed by atoms with Gasteiger partial charge in [-0.25, -0.2) is 9.78 Å². The molecule has 1 unspecified atom stereocenters. The summed E-state index contributed by atoms with van der Waals surface area (Å²) in [7, 11) is 1.33. The summed E-state index contributed by atoms with van der Waals surface area (Å²) in [5.41, 5.74) is 1.32. The van der Waals surface area contributed by atoms with E-state index in [0.717, 1.165) is 23.1 Å². The maximum Gasteiger partial charge on any atom is 0.410 e. The van der Waals surface area contributed by atoms with E-state index in [9.17, 15) is 25.0 Å². The van der Waals surface area contributed by atoms with E-state index in [-0.39, 0.29) is 56.3 Å². The summed E-state index contributed by atoms with van der Waals surface area (Å²) in [4.78, 5) is 51.2. The SMILES string of the molecule is COC(=O)C1(Cc2nc(SC)nc(N3CCN(C(=O)OCc4ccccc4)[C@@H](CC#N)C3)c2[N+](=O)[O-])CCCc2ccccc21. The van der Waals surface area contributed by atoms with Gasteiger partial charge in [0.1, 0.15) is 12.3 Å². The van der Waals surface area contributed by atoms with Crippen LogP contribution in [-0.4, -0.2) is 70.9 Å². The number of nitro groups is 1. The van der Waals surface area contributed by atoms with E-state index < -0.39 is 28.4 Å². The fourth-order valence-corrected chi connectivity index (χ4v) is 6.71. The van der Waals surface area contributed by atoms with Crippen LogP contribution < -0.4 is 4.90 Å². The molecule has 1 aromatic heterocycles. The van der Waals surface area contributed by atoms with Crippen LogP contribution in [0.3, 0.4) is 0 Å². The molecule has 1 amide bonds. The van der Waals surface area contributed by atoms with Gasteiger partial charge >= 0.3 is 17.7 Å². The van der Waals surface area contributed by atoms with Gasteiger partial charge in [0, 0.05) is 26.1 Å². The minimum absolute atomic E-state index is 0.000294. The number of fused-ring (bicyclic) bond motifs is 1. The molecule has 1 aliphatic heterocycles. The number of hydrogen-bond donors (Lipinski definition) is 0. The average Bonchev–Trinajstić information content (AvgIpc) is 3.07. The molecule has 2 heterocycles. The monoisotopic (exact) mass is 630 g/mol.